The van der Waals surface area contributed by atoms with Gasteiger partial charge in [-0.25, -0.2) is 5.01 Å². The molecule has 0 aromatic heterocycles. The van der Waals surface area contributed by atoms with Crippen LogP contribution in [0.1, 0.15) is 45.4 Å². The molecule has 0 radical (unpaired) electrons. The third-order valence-corrected chi connectivity index (χ3v) is 4.38. The Labute approximate surface area is 119 Å². The van der Waals surface area contributed by atoms with E-state index in [4.69, 9.17) is 0 Å². The molecule has 0 unspecified atom stereocenters. The molecule has 1 aliphatic heterocycles. The smallest absolute Gasteiger partial charge is 0.268 e. The molecule has 1 heterocycles. The first kappa shape index (κ1) is 15.0. The second-order valence-electron chi connectivity index (χ2n) is 6.04. The summed E-state index contributed by atoms with van der Waals surface area (Å²) in [4.78, 5) is 23.6. The van der Waals surface area contributed by atoms with Gasteiger partial charge in [-0.15, -0.1) is 0 Å². The second kappa shape index (κ2) is 5.91. The van der Waals surface area contributed by atoms with Crippen LogP contribution in [0.4, 0.5) is 0 Å². The number of rotatable bonds is 3. The van der Waals surface area contributed by atoms with Crippen molar-refractivity contribution in [3.8, 4) is 0 Å². The second-order valence-corrected chi connectivity index (χ2v) is 6.04. The molecule has 20 heavy (non-hydrogen) atoms. The van der Waals surface area contributed by atoms with Gasteiger partial charge in [-0.1, -0.05) is 6.92 Å². The molecule has 112 valence electrons. The Morgan fingerprint density at radius 1 is 1.45 bits per heavy atom. The Morgan fingerprint density at radius 3 is 2.65 bits per heavy atom. The summed E-state index contributed by atoms with van der Waals surface area (Å²) in [7, 11) is 1.55. The lowest BCUT2D eigenvalue weighted by Crippen LogP contribution is -2.55. The van der Waals surface area contributed by atoms with E-state index in [0.717, 1.165) is 25.7 Å². The number of amides is 2. The summed E-state index contributed by atoms with van der Waals surface area (Å²) in [5.41, 5.74) is -0.148. The minimum Gasteiger partial charge on any atom is -0.394 e. The van der Waals surface area contributed by atoms with E-state index >= 15 is 0 Å². The normalized spacial score (nSPS) is 30.9. The molecule has 1 fully saturated rings. The summed E-state index contributed by atoms with van der Waals surface area (Å²) in [6.45, 7) is 2.14. The van der Waals surface area contributed by atoms with Crippen LogP contribution in [0.2, 0.25) is 0 Å². The van der Waals surface area contributed by atoms with Gasteiger partial charge in [0.1, 0.15) is 5.71 Å². The summed E-state index contributed by atoms with van der Waals surface area (Å²) in [5, 5.41) is 17.8. The van der Waals surface area contributed by atoms with Crippen LogP contribution in [0.3, 0.4) is 0 Å². The Kier molecular flexibility index (Phi) is 4.42. The molecule has 2 aliphatic rings. The largest absolute Gasteiger partial charge is 0.394 e. The fourth-order valence-corrected chi connectivity index (χ4v) is 2.78. The van der Waals surface area contributed by atoms with E-state index in [1.807, 2.05) is 0 Å². The minimum absolute atomic E-state index is 0.0481. The maximum Gasteiger partial charge on any atom is 0.268 e. The SMILES string of the molecule is CC1CCC(CO)(NC(=O)C2=NN(C)C(=O)CC2)CC1. The first-order valence-corrected chi connectivity index (χ1v) is 7.23. The van der Waals surface area contributed by atoms with Crippen molar-refractivity contribution in [1.82, 2.24) is 10.3 Å². The van der Waals surface area contributed by atoms with Crippen molar-refractivity contribution in [2.75, 3.05) is 13.7 Å². The van der Waals surface area contributed by atoms with Gasteiger partial charge >= 0.3 is 0 Å². The number of hydrogen-bond acceptors (Lipinski definition) is 4. The standard InChI is InChI=1S/C14H23N3O3/c1-10-5-7-14(9-18,8-6-10)15-13(20)11-3-4-12(19)17(2)16-11/h10,18H,3-9H2,1-2H3,(H,15,20). The molecule has 2 N–H and O–H groups in total. The summed E-state index contributed by atoms with van der Waals surface area (Å²) in [6, 6.07) is 0. The number of nitrogens with zero attached hydrogens (tertiary/aromatic N) is 2. The predicted octanol–water partition coefficient (Wildman–Crippen LogP) is 0.652. The van der Waals surface area contributed by atoms with Crippen LogP contribution in [0.25, 0.3) is 0 Å². The van der Waals surface area contributed by atoms with Crippen molar-refractivity contribution in [2.45, 2.75) is 51.0 Å². The molecule has 0 bridgehead atoms. The zero-order chi connectivity index (χ0) is 14.8. The molecular weight excluding hydrogens is 258 g/mol. The van der Waals surface area contributed by atoms with Crippen LogP contribution in [-0.2, 0) is 9.59 Å². The van der Waals surface area contributed by atoms with Crippen LogP contribution in [0, 0.1) is 5.92 Å². The first-order valence-electron chi connectivity index (χ1n) is 7.23. The molecule has 1 saturated carbocycles. The quantitative estimate of drug-likeness (QED) is 0.797. The van der Waals surface area contributed by atoms with Crippen molar-refractivity contribution < 1.29 is 14.7 Å². The maximum absolute atomic E-state index is 12.3. The summed E-state index contributed by atoms with van der Waals surface area (Å²) in [5.74, 6) is 0.306. The number of aliphatic hydroxyl groups is 1. The van der Waals surface area contributed by atoms with Crippen molar-refractivity contribution in [3.63, 3.8) is 0 Å². The van der Waals surface area contributed by atoms with Crippen LogP contribution in [-0.4, -0.2) is 46.8 Å². The van der Waals surface area contributed by atoms with Crippen LogP contribution in [0.5, 0.6) is 0 Å². The lowest BCUT2D eigenvalue weighted by Gasteiger charge is -2.39. The highest BCUT2D eigenvalue weighted by molar-refractivity contribution is 6.39. The molecule has 1 aliphatic carbocycles. The zero-order valence-corrected chi connectivity index (χ0v) is 12.2. The van der Waals surface area contributed by atoms with Crippen molar-refractivity contribution in [2.24, 2.45) is 11.0 Å². The molecular formula is C14H23N3O3. The molecule has 6 nitrogen and oxygen atoms in total. The van der Waals surface area contributed by atoms with Crippen LogP contribution < -0.4 is 5.32 Å². The Morgan fingerprint density at radius 2 is 2.10 bits per heavy atom. The van der Waals surface area contributed by atoms with Crippen molar-refractivity contribution >= 4 is 17.5 Å². The van der Waals surface area contributed by atoms with E-state index in [9.17, 15) is 14.7 Å². The van der Waals surface area contributed by atoms with Gasteiger partial charge in [0.2, 0.25) is 5.91 Å². The Bertz CT molecular complexity index is 425. The number of aliphatic hydroxyl groups excluding tert-OH is 1. The molecule has 0 aromatic carbocycles. The average molecular weight is 281 g/mol. The molecule has 0 saturated heterocycles. The topological polar surface area (TPSA) is 82.0 Å². The molecule has 2 amide bonds. The molecule has 6 heteroatoms. The van der Waals surface area contributed by atoms with Gasteiger partial charge in [0.25, 0.3) is 5.91 Å². The van der Waals surface area contributed by atoms with E-state index in [0.29, 0.717) is 24.5 Å². The average Bonchev–Trinajstić information content (AvgIpc) is 2.44. The van der Waals surface area contributed by atoms with E-state index in [2.05, 4.69) is 17.3 Å². The van der Waals surface area contributed by atoms with E-state index in [-0.39, 0.29) is 18.4 Å². The fraction of sp³-hybridized carbons (Fsp3) is 0.786. The minimum atomic E-state index is -0.522. The lowest BCUT2D eigenvalue weighted by molar-refractivity contribution is -0.130. The van der Waals surface area contributed by atoms with Gasteiger partial charge in [-0.3, -0.25) is 9.59 Å². The number of carbonyl (C=O) groups excluding carboxylic acids is 2. The number of carbonyl (C=O) groups is 2. The third-order valence-electron chi connectivity index (χ3n) is 4.38. The highest BCUT2D eigenvalue weighted by Gasteiger charge is 2.36. The van der Waals surface area contributed by atoms with Gasteiger partial charge in [-0.2, -0.15) is 5.10 Å². The highest BCUT2D eigenvalue weighted by Crippen LogP contribution is 2.31. The number of nitrogens with one attached hydrogen (secondary N) is 1. The number of hydrazone groups is 1. The van der Waals surface area contributed by atoms with Gasteiger partial charge in [-0.05, 0) is 31.6 Å². The monoisotopic (exact) mass is 281 g/mol. The van der Waals surface area contributed by atoms with Crippen molar-refractivity contribution in [1.29, 1.82) is 0 Å². The predicted molar refractivity (Wildman–Crippen MR) is 75.0 cm³/mol. The number of hydrogen-bond donors (Lipinski definition) is 2. The summed E-state index contributed by atoms with van der Waals surface area (Å²) >= 11 is 0. The maximum atomic E-state index is 12.3. The van der Waals surface area contributed by atoms with Gasteiger partial charge < -0.3 is 10.4 Å². The van der Waals surface area contributed by atoms with E-state index in [1.165, 1.54) is 5.01 Å². The van der Waals surface area contributed by atoms with Crippen molar-refractivity contribution in [3.05, 3.63) is 0 Å². The van der Waals surface area contributed by atoms with Gasteiger partial charge in [0.05, 0.1) is 12.1 Å². The molecule has 2 rings (SSSR count). The third kappa shape index (κ3) is 3.17. The van der Waals surface area contributed by atoms with Gasteiger partial charge in [0.15, 0.2) is 0 Å². The highest BCUT2D eigenvalue weighted by atomic mass is 16.3. The Balaban J connectivity index is 2.03. The molecule has 0 aromatic rings. The van der Waals surface area contributed by atoms with Crippen LogP contribution >= 0.6 is 0 Å². The lowest BCUT2D eigenvalue weighted by atomic mass is 9.77. The Hall–Kier alpha value is -1.43. The zero-order valence-electron chi connectivity index (χ0n) is 12.2. The first-order chi connectivity index (χ1) is 9.46. The van der Waals surface area contributed by atoms with E-state index < -0.39 is 5.54 Å². The summed E-state index contributed by atoms with van der Waals surface area (Å²) < 4.78 is 0. The van der Waals surface area contributed by atoms with E-state index in [1.54, 1.807) is 7.05 Å². The summed E-state index contributed by atoms with van der Waals surface area (Å²) in [6.07, 6.45) is 4.27. The fourth-order valence-electron chi connectivity index (χ4n) is 2.78. The molecule has 0 spiro atoms. The van der Waals surface area contributed by atoms with Crippen LogP contribution in [0.15, 0.2) is 5.10 Å². The molecule has 0 atom stereocenters. The van der Waals surface area contributed by atoms with Gasteiger partial charge in [0, 0.05) is 19.9 Å².